The minimum atomic E-state index is -3.94. The second kappa shape index (κ2) is 8.36. The first-order chi connectivity index (χ1) is 14.5. The van der Waals surface area contributed by atoms with Gasteiger partial charge < -0.3 is 10.1 Å². The number of anilines is 1. The molecule has 0 saturated carbocycles. The number of rotatable bonds is 6. The van der Waals surface area contributed by atoms with Crippen molar-refractivity contribution in [1.29, 1.82) is 0 Å². The van der Waals surface area contributed by atoms with E-state index in [4.69, 9.17) is 4.74 Å². The summed E-state index contributed by atoms with van der Waals surface area (Å²) in [7, 11) is -2.59. The molecule has 11 heteroatoms. The van der Waals surface area contributed by atoms with Crippen LogP contribution in [0.2, 0.25) is 0 Å². The van der Waals surface area contributed by atoms with E-state index in [0.717, 1.165) is 0 Å². The van der Waals surface area contributed by atoms with Crippen LogP contribution in [0.4, 0.5) is 5.69 Å². The molecule has 0 aliphatic carbocycles. The minimum Gasteiger partial charge on any atom is -0.495 e. The molecule has 2 aromatic carbocycles. The van der Waals surface area contributed by atoms with Gasteiger partial charge >= 0.3 is 5.76 Å². The number of aromatic nitrogens is 2. The summed E-state index contributed by atoms with van der Waals surface area (Å²) in [6, 6.07) is 10.7. The summed E-state index contributed by atoms with van der Waals surface area (Å²) in [5.74, 6) is -0.890. The van der Waals surface area contributed by atoms with E-state index in [1.54, 1.807) is 45.0 Å². The quantitative estimate of drug-likeness (QED) is 0.527. The van der Waals surface area contributed by atoms with Crippen LogP contribution in [0.15, 0.2) is 56.7 Å². The fourth-order valence-electron chi connectivity index (χ4n) is 2.79. The van der Waals surface area contributed by atoms with Crippen LogP contribution >= 0.6 is 0 Å². The van der Waals surface area contributed by atoms with Crippen molar-refractivity contribution in [2.75, 3.05) is 12.4 Å². The summed E-state index contributed by atoms with van der Waals surface area (Å²) in [6.45, 7) is 5.13. The van der Waals surface area contributed by atoms with E-state index in [-0.39, 0.29) is 22.0 Å². The monoisotopic (exact) mass is 446 g/mol. The number of benzene rings is 2. The van der Waals surface area contributed by atoms with Crippen LogP contribution in [0.3, 0.4) is 0 Å². The van der Waals surface area contributed by atoms with Crippen LogP contribution in [-0.2, 0) is 10.0 Å². The fraction of sp³-hybridized carbons (Fsp3) is 0.250. The fourth-order valence-corrected chi connectivity index (χ4v) is 4.40. The van der Waals surface area contributed by atoms with E-state index < -0.39 is 27.2 Å². The maximum atomic E-state index is 12.8. The largest absolute Gasteiger partial charge is 0.495 e. The first-order valence-electron chi connectivity index (χ1n) is 9.18. The molecule has 10 nitrogen and oxygen atoms in total. The molecule has 3 N–H and O–H groups in total. The molecular weight excluding hydrogens is 424 g/mol. The van der Waals surface area contributed by atoms with Gasteiger partial charge in [-0.2, -0.15) is 0 Å². The van der Waals surface area contributed by atoms with Gasteiger partial charge in [0, 0.05) is 22.4 Å². The summed E-state index contributed by atoms with van der Waals surface area (Å²) in [5, 5.41) is 6.30. The Morgan fingerprint density at radius 1 is 1.16 bits per heavy atom. The summed E-state index contributed by atoms with van der Waals surface area (Å²) < 4.78 is 37.8. The van der Waals surface area contributed by atoms with E-state index in [0.29, 0.717) is 11.3 Å². The SMILES string of the molecule is COc1ccc(C(=O)Nc2cccc(-c3noc(=O)[nH]3)c2)cc1S(=O)(=O)NC(C)(C)C. The van der Waals surface area contributed by atoms with Gasteiger partial charge in [-0.3, -0.25) is 14.3 Å². The smallest absolute Gasteiger partial charge is 0.439 e. The highest BCUT2D eigenvalue weighted by atomic mass is 32.2. The predicted octanol–water partition coefficient (Wildman–Crippen LogP) is 2.37. The van der Waals surface area contributed by atoms with Gasteiger partial charge in [0.1, 0.15) is 10.6 Å². The molecule has 31 heavy (non-hydrogen) atoms. The number of carbonyl (C=O) groups is 1. The van der Waals surface area contributed by atoms with Crippen molar-refractivity contribution >= 4 is 21.6 Å². The molecule has 164 valence electrons. The van der Waals surface area contributed by atoms with Crippen molar-refractivity contribution in [2.24, 2.45) is 0 Å². The molecule has 3 aromatic rings. The van der Waals surface area contributed by atoms with Gasteiger partial charge in [0.05, 0.1) is 7.11 Å². The third kappa shape index (κ3) is 5.38. The average molecular weight is 446 g/mol. The Hall–Kier alpha value is -3.44. The Bertz CT molecular complexity index is 1270. The standard InChI is InChI=1S/C20H22N4O6S/c1-20(2,3)24-31(27,28)16-11-13(8-9-15(16)29-4)18(25)21-14-7-5-6-12(10-14)17-22-19(26)30-23-17/h5-11,24H,1-4H3,(H,21,25)(H,22,23,26). The zero-order chi connectivity index (χ0) is 22.8. The van der Waals surface area contributed by atoms with Crippen LogP contribution in [0.1, 0.15) is 31.1 Å². The van der Waals surface area contributed by atoms with E-state index >= 15 is 0 Å². The number of methoxy groups -OCH3 is 1. The molecule has 0 fully saturated rings. The summed E-state index contributed by atoms with van der Waals surface area (Å²) >= 11 is 0. The molecule has 0 spiro atoms. The normalized spacial score (nSPS) is 11.9. The Morgan fingerprint density at radius 2 is 1.90 bits per heavy atom. The molecule has 0 aliphatic heterocycles. The lowest BCUT2D eigenvalue weighted by Gasteiger charge is -2.21. The molecule has 0 radical (unpaired) electrons. The number of ether oxygens (including phenoxy) is 1. The number of sulfonamides is 1. The van der Waals surface area contributed by atoms with Crippen LogP contribution < -0.4 is 20.5 Å². The maximum absolute atomic E-state index is 12.8. The van der Waals surface area contributed by atoms with Crippen molar-refractivity contribution in [3.05, 3.63) is 58.6 Å². The van der Waals surface area contributed by atoms with Crippen LogP contribution in [0.5, 0.6) is 5.75 Å². The lowest BCUT2D eigenvalue weighted by molar-refractivity contribution is 0.102. The van der Waals surface area contributed by atoms with Gasteiger partial charge in [-0.05, 0) is 51.1 Å². The van der Waals surface area contributed by atoms with E-state index in [9.17, 15) is 18.0 Å². The van der Waals surface area contributed by atoms with Crippen molar-refractivity contribution in [3.8, 4) is 17.1 Å². The average Bonchev–Trinajstić information content (AvgIpc) is 3.12. The highest BCUT2D eigenvalue weighted by molar-refractivity contribution is 7.89. The van der Waals surface area contributed by atoms with Crippen molar-refractivity contribution in [3.63, 3.8) is 0 Å². The first kappa shape index (κ1) is 22.2. The molecule has 1 heterocycles. The lowest BCUT2D eigenvalue weighted by atomic mass is 10.1. The van der Waals surface area contributed by atoms with Crippen LogP contribution in [-0.4, -0.2) is 37.1 Å². The van der Waals surface area contributed by atoms with Gasteiger partial charge in [0.2, 0.25) is 10.0 Å². The first-order valence-corrected chi connectivity index (χ1v) is 10.7. The number of aromatic amines is 1. The van der Waals surface area contributed by atoms with Gasteiger partial charge in [0.25, 0.3) is 5.91 Å². The number of H-pyrrole nitrogens is 1. The third-order valence-corrected chi connectivity index (χ3v) is 5.77. The van der Waals surface area contributed by atoms with E-state index in [1.807, 2.05) is 0 Å². The number of carbonyl (C=O) groups excluding carboxylic acids is 1. The molecule has 3 rings (SSSR count). The number of amides is 1. The Balaban J connectivity index is 1.90. The van der Waals surface area contributed by atoms with E-state index in [2.05, 4.69) is 24.7 Å². The van der Waals surface area contributed by atoms with Gasteiger partial charge in [-0.15, -0.1) is 0 Å². The molecule has 0 saturated heterocycles. The summed E-state index contributed by atoms with van der Waals surface area (Å²) in [6.07, 6.45) is 0. The second-order valence-electron chi connectivity index (χ2n) is 7.70. The van der Waals surface area contributed by atoms with Crippen LogP contribution in [0, 0.1) is 0 Å². The number of hydrogen-bond donors (Lipinski definition) is 3. The molecule has 1 amide bonds. The summed E-state index contributed by atoms with van der Waals surface area (Å²) in [5.41, 5.74) is 0.343. The van der Waals surface area contributed by atoms with Gasteiger partial charge in [-0.25, -0.2) is 17.9 Å². The highest BCUT2D eigenvalue weighted by Gasteiger charge is 2.26. The third-order valence-electron chi connectivity index (χ3n) is 3.99. The topological polar surface area (TPSA) is 143 Å². The number of hydrogen-bond acceptors (Lipinski definition) is 7. The highest BCUT2D eigenvalue weighted by Crippen LogP contribution is 2.27. The number of nitrogens with zero attached hydrogens (tertiary/aromatic N) is 1. The summed E-state index contributed by atoms with van der Waals surface area (Å²) in [4.78, 5) is 26.2. The Kier molecular flexibility index (Phi) is 6.00. The van der Waals surface area contributed by atoms with Crippen molar-refractivity contribution in [1.82, 2.24) is 14.9 Å². The van der Waals surface area contributed by atoms with Gasteiger partial charge in [0.15, 0.2) is 5.82 Å². The zero-order valence-electron chi connectivity index (χ0n) is 17.3. The molecule has 0 aliphatic rings. The van der Waals surface area contributed by atoms with Crippen molar-refractivity contribution < 1.29 is 22.5 Å². The molecule has 0 unspecified atom stereocenters. The van der Waals surface area contributed by atoms with Crippen molar-refractivity contribution in [2.45, 2.75) is 31.2 Å². The maximum Gasteiger partial charge on any atom is 0.439 e. The van der Waals surface area contributed by atoms with E-state index in [1.165, 1.54) is 25.3 Å². The Morgan fingerprint density at radius 3 is 2.52 bits per heavy atom. The second-order valence-corrected chi connectivity index (χ2v) is 9.35. The lowest BCUT2D eigenvalue weighted by Crippen LogP contribution is -2.40. The molecular formula is C20H22N4O6S. The Labute approximate surface area is 178 Å². The number of nitrogens with one attached hydrogen (secondary N) is 3. The minimum absolute atomic E-state index is 0.116. The van der Waals surface area contributed by atoms with Crippen LogP contribution in [0.25, 0.3) is 11.4 Å². The zero-order valence-corrected chi connectivity index (χ0v) is 18.2. The molecule has 1 aromatic heterocycles. The molecule has 0 bridgehead atoms. The molecule has 0 atom stereocenters. The predicted molar refractivity (Wildman–Crippen MR) is 114 cm³/mol. The van der Waals surface area contributed by atoms with Gasteiger partial charge in [-0.1, -0.05) is 17.3 Å².